The first-order chi connectivity index (χ1) is 5.16. The largest absolute Gasteiger partial charge is 0.285 e. The highest BCUT2D eigenvalue weighted by molar-refractivity contribution is 6.03. The van der Waals surface area contributed by atoms with Crippen LogP contribution in [0.1, 0.15) is 12.8 Å². The molecule has 1 fully saturated rings. The van der Waals surface area contributed by atoms with E-state index in [1.807, 2.05) is 0 Å². The van der Waals surface area contributed by atoms with Crippen LogP contribution >= 0.6 is 0 Å². The van der Waals surface area contributed by atoms with E-state index >= 15 is 0 Å². The Morgan fingerprint density at radius 3 is 2.73 bits per heavy atom. The maximum atomic E-state index is 11.2. The van der Waals surface area contributed by atoms with Crippen LogP contribution in [0.5, 0.6) is 0 Å². The van der Waals surface area contributed by atoms with Gasteiger partial charge in [0.25, 0.3) is 0 Å². The fourth-order valence-electron chi connectivity index (χ4n) is 1.22. The lowest BCUT2D eigenvalue weighted by Crippen LogP contribution is -2.25. The zero-order chi connectivity index (χ0) is 8.43. The van der Waals surface area contributed by atoms with Gasteiger partial charge >= 0.3 is 0 Å². The standard InChI is InChI=1S/C8H11NO2/c1-3-4-6-5-7(10)9(2)8(6)11/h3,6H,1,4-5H2,2H3. The van der Waals surface area contributed by atoms with E-state index < -0.39 is 0 Å². The molecule has 0 aromatic rings. The van der Waals surface area contributed by atoms with Crippen LogP contribution in [-0.4, -0.2) is 23.8 Å². The highest BCUT2D eigenvalue weighted by atomic mass is 16.2. The minimum absolute atomic E-state index is 0.0742. The molecule has 60 valence electrons. The van der Waals surface area contributed by atoms with Gasteiger partial charge in [-0.2, -0.15) is 0 Å². The molecule has 0 N–H and O–H groups in total. The first kappa shape index (κ1) is 7.98. The number of carbonyl (C=O) groups is 2. The number of hydrogen-bond donors (Lipinski definition) is 0. The fourth-order valence-corrected chi connectivity index (χ4v) is 1.22. The molecule has 1 heterocycles. The summed E-state index contributed by atoms with van der Waals surface area (Å²) in [6.07, 6.45) is 2.63. The first-order valence-electron chi connectivity index (χ1n) is 3.58. The minimum Gasteiger partial charge on any atom is -0.285 e. The van der Waals surface area contributed by atoms with Gasteiger partial charge in [0.2, 0.25) is 11.8 Å². The van der Waals surface area contributed by atoms with Gasteiger partial charge in [0.15, 0.2) is 0 Å². The third-order valence-electron chi connectivity index (χ3n) is 1.93. The molecule has 3 nitrogen and oxygen atoms in total. The Balaban J connectivity index is 2.66. The lowest BCUT2D eigenvalue weighted by atomic mass is 10.0. The summed E-state index contributed by atoms with van der Waals surface area (Å²) >= 11 is 0. The van der Waals surface area contributed by atoms with Gasteiger partial charge in [-0.1, -0.05) is 6.08 Å². The van der Waals surface area contributed by atoms with Crippen molar-refractivity contribution in [3.8, 4) is 0 Å². The molecule has 0 spiro atoms. The van der Waals surface area contributed by atoms with E-state index in [9.17, 15) is 9.59 Å². The van der Waals surface area contributed by atoms with Crippen molar-refractivity contribution in [2.24, 2.45) is 5.92 Å². The molecule has 1 atom stereocenters. The molecule has 1 unspecified atom stereocenters. The summed E-state index contributed by atoms with van der Waals surface area (Å²) in [6, 6.07) is 0. The van der Waals surface area contributed by atoms with Crippen LogP contribution in [-0.2, 0) is 9.59 Å². The second-order valence-electron chi connectivity index (χ2n) is 2.72. The summed E-state index contributed by atoms with van der Waals surface area (Å²) in [5.74, 6) is -0.304. The van der Waals surface area contributed by atoms with Crippen molar-refractivity contribution in [2.45, 2.75) is 12.8 Å². The molecular weight excluding hydrogens is 142 g/mol. The lowest BCUT2D eigenvalue weighted by Gasteiger charge is -2.05. The number of allylic oxidation sites excluding steroid dienone is 1. The van der Waals surface area contributed by atoms with Crippen LogP contribution < -0.4 is 0 Å². The monoisotopic (exact) mass is 153 g/mol. The van der Waals surface area contributed by atoms with Gasteiger partial charge < -0.3 is 0 Å². The van der Waals surface area contributed by atoms with Gasteiger partial charge in [-0.15, -0.1) is 6.58 Å². The smallest absolute Gasteiger partial charge is 0.232 e. The topological polar surface area (TPSA) is 37.4 Å². The number of nitrogens with zero attached hydrogens (tertiary/aromatic N) is 1. The average Bonchev–Trinajstić information content (AvgIpc) is 2.19. The SMILES string of the molecule is C=CCC1CC(=O)N(C)C1=O. The molecule has 0 radical (unpaired) electrons. The van der Waals surface area contributed by atoms with Gasteiger partial charge in [0.1, 0.15) is 0 Å². The zero-order valence-electron chi connectivity index (χ0n) is 6.54. The normalized spacial score (nSPS) is 24.5. The van der Waals surface area contributed by atoms with Gasteiger partial charge in [0, 0.05) is 13.5 Å². The van der Waals surface area contributed by atoms with E-state index in [0.29, 0.717) is 12.8 Å². The van der Waals surface area contributed by atoms with Gasteiger partial charge in [-0.25, -0.2) is 0 Å². The van der Waals surface area contributed by atoms with Crippen molar-refractivity contribution in [1.29, 1.82) is 0 Å². The lowest BCUT2D eigenvalue weighted by molar-refractivity contribution is -0.137. The van der Waals surface area contributed by atoms with E-state index in [1.165, 1.54) is 11.9 Å². The molecule has 1 saturated heterocycles. The molecule has 3 heteroatoms. The molecule has 1 rings (SSSR count). The van der Waals surface area contributed by atoms with Crippen LogP contribution in [0.2, 0.25) is 0 Å². The number of imide groups is 1. The number of likely N-dealkylation sites (tertiary alicyclic amines) is 1. The summed E-state index contributed by atoms with van der Waals surface area (Å²) in [6.45, 7) is 3.53. The van der Waals surface area contributed by atoms with Crippen LogP contribution in [0, 0.1) is 5.92 Å². The van der Waals surface area contributed by atoms with E-state index in [0.717, 1.165) is 0 Å². The highest BCUT2D eigenvalue weighted by Gasteiger charge is 2.34. The van der Waals surface area contributed by atoms with Crippen molar-refractivity contribution in [3.63, 3.8) is 0 Å². The maximum absolute atomic E-state index is 11.2. The van der Waals surface area contributed by atoms with Crippen LogP contribution in [0.4, 0.5) is 0 Å². The number of hydrogen-bond acceptors (Lipinski definition) is 2. The first-order valence-corrected chi connectivity index (χ1v) is 3.58. The van der Waals surface area contributed by atoms with Crippen molar-refractivity contribution < 1.29 is 9.59 Å². The summed E-state index contributed by atoms with van der Waals surface area (Å²) < 4.78 is 0. The molecule has 0 bridgehead atoms. The van der Waals surface area contributed by atoms with E-state index in [4.69, 9.17) is 0 Å². The Bertz CT molecular complexity index is 210. The molecule has 0 saturated carbocycles. The van der Waals surface area contributed by atoms with Crippen LogP contribution in [0.15, 0.2) is 12.7 Å². The number of carbonyl (C=O) groups excluding carboxylic acids is 2. The Kier molecular flexibility index (Phi) is 2.08. The van der Waals surface area contributed by atoms with Gasteiger partial charge in [-0.3, -0.25) is 14.5 Å². The Hall–Kier alpha value is -1.12. The molecule has 11 heavy (non-hydrogen) atoms. The molecule has 2 amide bonds. The Labute approximate surface area is 65.7 Å². The summed E-state index contributed by atoms with van der Waals surface area (Å²) in [4.78, 5) is 23.3. The highest BCUT2D eigenvalue weighted by Crippen LogP contribution is 2.20. The number of rotatable bonds is 2. The molecule has 0 aliphatic carbocycles. The van der Waals surface area contributed by atoms with Crippen molar-refractivity contribution in [2.75, 3.05) is 7.05 Å². The zero-order valence-corrected chi connectivity index (χ0v) is 6.54. The molecule has 0 aromatic heterocycles. The maximum Gasteiger partial charge on any atom is 0.232 e. The Morgan fingerprint density at radius 1 is 1.73 bits per heavy atom. The van der Waals surface area contributed by atoms with Crippen molar-refractivity contribution >= 4 is 11.8 Å². The van der Waals surface area contributed by atoms with Gasteiger partial charge in [0.05, 0.1) is 5.92 Å². The Morgan fingerprint density at radius 2 is 2.36 bits per heavy atom. The minimum atomic E-state index is -0.148. The summed E-state index contributed by atoms with van der Waals surface area (Å²) in [7, 11) is 1.52. The predicted molar refractivity (Wildman–Crippen MR) is 40.7 cm³/mol. The van der Waals surface area contributed by atoms with Crippen LogP contribution in [0.25, 0.3) is 0 Å². The fraction of sp³-hybridized carbons (Fsp3) is 0.500. The second kappa shape index (κ2) is 2.86. The second-order valence-corrected chi connectivity index (χ2v) is 2.72. The van der Waals surface area contributed by atoms with Crippen molar-refractivity contribution in [3.05, 3.63) is 12.7 Å². The predicted octanol–water partition coefficient (Wildman–Crippen LogP) is 0.567. The van der Waals surface area contributed by atoms with E-state index in [-0.39, 0.29) is 17.7 Å². The van der Waals surface area contributed by atoms with E-state index in [2.05, 4.69) is 6.58 Å². The molecule has 1 aliphatic rings. The summed E-state index contributed by atoms with van der Waals surface area (Å²) in [5.41, 5.74) is 0. The average molecular weight is 153 g/mol. The molecule has 0 aromatic carbocycles. The molecular formula is C8H11NO2. The number of amides is 2. The quantitative estimate of drug-likeness (QED) is 0.429. The molecule has 1 aliphatic heterocycles. The van der Waals surface area contributed by atoms with E-state index in [1.54, 1.807) is 6.08 Å². The third kappa shape index (κ3) is 1.31. The van der Waals surface area contributed by atoms with Gasteiger partial charge in [-0.05, 0) is 6.42 Å². The third-order valence-corrected chi connectivity index (χ3v) is 1.93. The van der Waals surface area contributed by atoms with Crippen LogP contribution in [0.3, 0.4) is 0 Å². The van der Waals surface area contributed by atoms with Crippen molar-refractivity contribution in [1.82, 2.24) is 4.90 Å². The summed E-state index contributed by atoms with van der Waals surface area (Å²) in [5, 5.41) is 0.